The number of carbonyl (C=O) groups is 2. The van der Waals surface area contributed by atoms with Crippen molar-refractivity contribution in [3.8, 4) is 0 Å². The van der Waals surface area contributed by atoms with E-state index in [9.17, 15) is 9.59 Å². The molecule has 156 valence electrons. The third kappa shape index (κ3) is 6.67. The van der Waals surface area contributed by atoms with Crippen molar-refractivity contribution in [3.63, 3.8) is 0 Å². The Balaban J connectivity index is 1.74. The maximum absolute atomic E-state index is 12.7. The van der Waals surface area contributed by atoms with Gasteiger partial charge in [0.25, 0.3) is 11.8 Å². The number of benzene rings is 2. The minimum absolute atomic E-state index is 0.190. The molecule has 1 unspecified atom stereocenters. The molecular formula is C23H22N6O2. The summed E-state index contributed by atoms with van der Waals surface area (Å²) >= 11 is 0. The van der Waals surface area contributed by atoms with E-state index >= 15 is 0 Å². The van der Waals surface area contributed by atoms with Crippen LogP contribution in [0.1, 0.15) is 27.2 Å². The van der Waals surface area contributed by atoms with Gasteiger partial charge in [-0.15, -0.1) is 0 Å². The Bertz CT molecular complexity index is 1090. The van der Waals surface area contributed by atoms with E-state index in [0.29, 0.717) is 5.56 Å². The second-order valence-corrected chi connectivity index (χ2v) is 6.74. The number of rotatable bonds is 7. The normalized spacial score (nSPS) is 12.1. The summed E-state index contributed by atoms with van der Waals surface area (Å²) < 4.78 is 0. The fraction of sp³-hybridized carbons (Fsp3) is 0.130. The molecular weight excluding hydrogens is 392 g/mol. The Labute approximate surface area is 180 Å². The van der Waals surface area contributed by atoms with Crippen molar-refractivity contribution in [2.24, 2.45) is 10.1 Å². The minimum atomic E-state index is -1.08. The first kappa shape index (κ1) is 21.5. The zero-order valence-electron chi connectivity index (χ0n) is 17.2. The van der Waals surface area contributed by atoms with Gasteiger partial charge in [-0.2, -0.15) is 5.10 Å². The van der Waals surface area contributed by atoms with E-state index in [1.807, 2.05) is 38.1 Å². The summed E-state index contributed by atoms with van der Waals surface area (Å²) in [4.78, 5) is 37.5. The van der Waals surface area contributed by atoms with Crippen LogP contribution in [0, 0.1) is 13.8 Å². The summed E-state index contributed by atoms with van der Waals surface area (Å²) in [5.41, 5.74) is 5.55. The third-order valence-corrected chi connectivity index (χ3v) is 4.19. The number of hydrogen-bond donors (Lipinski definition) is 2. The SMILES string of the molecule is Cc1ccc(/C=N/NC(=O)C(/C=N/c2nccc(C)n2)NC(=O)c2ccccc2)cc1. The van der Waals surface area contributed by atoms with Gasteiger partial charge in [-0.3, -0.25) is 9.59 Å². The highest BCUT2D eigenvalue weighted by Crippen LogP contribution is 2.04. The Kier molecular flexibility index (Phi) is 7.31. The van der Waals surface area contributed by atoms with E-state index < -0.39 is 17.9 Å². The Morgan fingerprint density at radius 2 is 1.74 bits per heavy atom. The van der Waals surface area contributed by atoms with Gasteiger partial charge in [0, 0.05) is 23.7 Å². The first-order valence-electron chi connectivity index (χ1n) is 9.60. The van der Waals surface area contributed by atoms with Gasteiger partial charge in [0.1, 0.15) is 6.04 Å². The molecule has 2 aromatic carbocycles. The molecule has 0 aliphatic rings. The van der Waals surface area contributed by atoms with E-state index in [0.717, 1.165) is 16.8 Å². The van der Waals surface area contributed by atoms with Gasteiger partial charge in [0.15, 0.2) is 0 Å². The number of aryl methyl sites for hydroxylation is 2. The van der Waals surface area contributed by atoms with E-state index in [2.05, 4.69) is 30.8 Å². The van der Waals surface area contributed by atoms with Gasteiger partial charge in [-0.05, 0) is 37.6 Å². The van der Waals surface area contributed by atoms with Crippen molar-refractivity contribution >= 4 is 30.2 Å². The predicted octanol–water partition coefficient (Wildman–Crippen LogP) is 2.74. The van der Waals surface area contributed by atoms with Crippen molar-refractivity contribution in [3.05, 3.63) is 89.2 Å². The molecule has 2 amide bonds. The number of aliphatic imine (C=N–C) groups is 1. The summed E-state index contributed by atoms with van der Waals surface area (Å²) in [5.74, 6) is -0.779. The van der Waals surface area contributed by atoms with Gasteiger partial charge < -0.3 is 5.32 Å². The van der Waals surface area contributed by atoms with Crippen LogP contribution in [-0.2, 0) is 4.79 Å². The third-order valence-electron chi connectivity index (χ3n) is 4.19. The maximum Gasteiger partial charge on any atom is 0.268 e. The summed E-state index contributed by atoms with van der Waals surface area (Å²) in [6.45, 7) is 3.79. The van der Waals surface area contributed by atoms with Crippen LogP contribution in [0.25, 0.3) is 0 Å². The monoisotopic (exact) mass is 414 g/mol. The van der Waals surface area contributed by atoms with E-state index in [1.165, 1.54) is 12.4 Å². The van der Waals surface area contributed by atoms with E-state index in [4.69, 9.17) is 0 Å². The maximum atomic E-state index is 12.7. The smallest absolute Gasteiger partial charge is 0.268 e. The van der Waals surface area contributed by atoms with Crippen LogP contribution in [0.15, 0.2) is 77.0 Å². The van der Waals surface area contributed by atoms with E-state index in [1.54, 1.807) is 42.6 Å². The van der Waals surface area contributed by atoms with Crippen molar-refractivity contribution in [1.82, 2.24) is 20.7 Å². The number of amides is 2. The molecule has 1 atom stereocenters. The average molecular weight is 414 g/mol. The largest absolute Gasteiger partial charge is 0.336 e. The lowest BCUT2D eigenvalue weighted by Gasteiger charge is -2.13. The van der Waals surface area contributed by atoms with Crippen LogP contribution in [0.4, 0.5) is 5.95 Å². The summed E-state index contributed by atoms with van der Waals surface area (Å²) in [5, 5.41) is 6.62. The molecule has 0 aliphatic carbocycles. The van der Waals surface area contributed by atoms with Crippen LogP contribution < -0.4 is 10.7 Å². The molecule has 2 N–H and O–H groups in total. The second kappa shape index (κ2) is 10.5. The number of nitrogens with one attached hydrogen (secondary N) is 2. The van der Waals surface area contributed by atoms with Crippen molar-refractivity contribution in [2.45, 2.75) is 19.9 Å². The molecule has 8 heteroatoms. The van der Waals surface area contributed by atoms with Crippen LogP contribution >= 0.6 is 0 Å². The van der Waals surface area contributed by atoms with Gasteiger partial charge in [0.2, 0.25) is 5.95 Å². The number of carbonyl (C=O) groups excluding carboxylic acids is 2. The van der Waals surface area contributed by atoms with Gasteiger partial charge in [0.05, 0.1) is 6.21 Å². The highest BCUT2D eigenvalue weighted by Gasteiger charge is 2.19. The fourth-order valence-corrected chi connectivity index (χ4v) is 2.52. The van der Waals surface area contributed by atoms with Crippen molar-refractivity contribution in [2.75, 3.05) is 0 Å². The summed E-state index contributed by atoms with van der Waals surface area (Å²) in [7, 11) is 0. The topological polar surface area (TPSA) is 109 Å². The van der Waals surface area contributed by atoms with Crippen LogP contribution in [0.2, 0.25) is 0 Å². The molecule has 0 radical (unpaired) electrons. The molecule has 0 spiro atoms. The van der Waals surface area contributed by atoms with Gasteiger partial charge in [-0.25, -0.2) is 20.4 Å². The van der Waals surface area contributed by atoms with Gasteiger partial charge in [-0.1, -0.05) is 48.0 Å². The molecule has 3 rings (SSSR count). The first-order chi connectivity index (χ1) is 15.0. The highest BCUT2D eigenvalue weighted by molar-refractivity contribution is 6.05. The van der Waals surface area contributed by atoms with E-state index in [-0.39, 0.29) is 5.95 Å². The average Bonchev–Trinajstić information content (AvgIpc) is 2.78. The Morgan fingerprint density at radius 3 is 2.45 bits per heavy atom. The first-order valence-corrected chi connectivity index (χ1v) is 9.60. The number of hydrogen-bond acceptors (Lipinski definition) is 6. The standard InChI is InChI=1S/C23H22N6O2/c1-16-8-10-18(11-9-16)14-26-29-22(31)20(15-25-23-24-13-12-17(2)27-23)28-21(30)19-6-4-3-5-7-19/h3-15,20H,1-2H3,(H,28,30)(H,29,31)/b25-15+,26-14+. The molecule has 1 aromatic heterocycles. The van der Waals surface area contributed by atoms with Gasteiger partial charge >= 0.3 is 0 Å². The van der Waals surface area contributed by atoms with Crippen LogP contribution in [0.5, 0.6) is 0 Å². The highest BCUT2D eigenvalue weighted by atomic mass is 16.2. The Hall–Kier alpha value is -4.20. The number of nitrogens with zero attached hydrogens (tertiary/aromatic N) is 4. The fourth-order valence-electron chi connectivity index (χ4n) is 2.52. The quantitative estimate of drug-likeness (QED) is 0.458. The molecule has 31 heavy (non-hydrogen) atoms. The lowest BCUT2D eigenvalue weighted by Crippen LogP contribution is -2.46. The van der Waals surface area contributed by atoms with Crippen LogP contribution in [-0.4, -0.2) is 40.3 Å². The number of aromatic nitrogens is 2. The molecule has 0 saturated heterocycles. The lowest BCUT2D eigenvalue weighted by atomic mass is 10.2. The zero-order valence-corrected chi connectivity index (χ0v) is 17.2. The Morgan fingerprint density at radius 1 is 1.00 bits per heavy atom. The zero-order chi connectivity index (χ0) is 22.1. The minimum Gasteiger partial charge on any atom is -0.336 e. The predicted molar refractivity (Wildman–Crippen MR) is 120 cm³/mol. The molecule has 3 aromatic rings. The molecule has 1 heterocycles. The second-order valence-electron chi connectivity index (χ2n) is 6.74. The van der Waals surface area contributed by atoms with Crippen molar-refractivity contribution in [1.29, 1.82) is 0 Å². The summed E-state index contributed by atoms with van der Waals surface area (Å²) in [6.07, 6.45) is 4.37. The van der Waals surface area contributed by atoms with Crippen LogP contribution in [0.3, 0.4) is 0 Å². The molecule has 0 aliphatic heterocycles. The molecule has 0 fully saturated rings. The molecule has 0 bridgehead atoms. The molecule has 8 nitrogen and oxygen atoms in total. The number of hydrazone groups is 1. The lowest BCUT2D eigenvalue weighted by molar-refractivity contribution is -0.121. The van der Waals surface area contributed by atoms with Crippen molar-refractivity contribution < 1.29 is 9.59 Å². The summed E-state index contributed by atoms with van der Waals surface area (Å²) in [6, 6.07) is 16.9. The molecule has 0 saturated carbocycles.